The minimum absolute atomic E-state index is 0.0589. The summed E-state index contributed by atoms with van der Waals surface area (Å²) in [7, 11) is -2.57. The molecule has 2 amide bonds. The lowest BCUT2D eigenvalue weighted by Crippen LogP contribution is -2.46. The number of nitrogens with two attached hydrogens (primary N) is 1. The first-order chi connectivity index (χ1) is 21.4. The molecule has 0 spiro atoms. The Morgan fingerprint density at radius 2 is 1.87 bits per heavy atom. The fourth-order valence-corrected chi connectivity index (χ4v) is 7.02. The summed E-state index contributed by atoms with van der Waals surface area (Å²) >= 11 is 0. The summed E-state index contributed by atoms with van der Waals surface area (Å²) in [6, 6.07) is 14.2. The molecule has 0 bridgehead atoms. The van der Waals surface area contributed by atoms with Gasteiger partial charge >= 0.3 is 6.09 Å². The van der Waals surface area contributed by atoms with E-state index in [1.54, 1.807) is 62.3 Å². The quantitative estimate of drug-likeness (QED) is 0.183. The molecule has 2 atom stereocenters. The van der Waals surface area contributed by atoms with E-state index >= 15 is 4.39 Å². The Kier molecular flexibility index (Phi) is 9.08. The van der Waals surface area contributed by atoms with Crippen molar-refractivity contribution in [1.82, 2.24) is 9.88 Å². The van der Waals surface area contributed by atoms with E-state index in [2.05, 4.69) is 10.3 Å². The third kappa shape index (κ3) is 6.34. The first-order valence-corrected chi connectivity index (χ1v) is 16.1. The van der Waals surface area contributed by atoms with Gasteiger partial charge < -0.3 is 9.64 Å². The second-order valence-corrected chi connectivity index (χ2v) is 13.9. The number of hydrogen-bond acceptors (Lipinski definition) is 8. The van der Waals surface area contributed by atoms with E-state index in [4.69, 9.17) is 10.6 Å². The molecule has 3 aromatic carbocycles. The minimum Gasteiger partial charge on any atom is -0.453 e. The smallest absolute Gasteiger partial charge is 0.411 e. The third-order valence-corrected chi connectivity index (χ3v) is 10.4. The van der Waals surface area contributed by atoms with Gasteiger partial charge in [-0.2, -0.15) is 0 Å². The van der Waals surface area contributed by atoms with Crippen molar-refractivity contribution < 1.29 is 27.1 Å². The van der Waals surface area contributed by atoms with E-state index in [1.807, 2.05) is 18.2 Å². The SMILES string of the molecule is COC(=O)Nc1ccc(S(=O)(=O)C(C)C)c([C@H]2CCCN2C(=O)[C@@H](c2cc(C)ccc2F)N(N)c2ccc3cnccc3c2)c1. The van der Waals surface area contributed by atoms with Crippen LogP contribution in [0.3, 0.4) is 0 Å². The molecule has 5 rings (SSSR count). The van der Waals surface area contributed by atoms with Gasteiger partial charge in [0.1, 0.15) is 5.82 Å². The van der Waals surface area contributed by atoms with Crippen molar-refractivity contribution >= 4 is 44.0 Å². The molecule has 0 unspecified atom stereocenters. The van der Waals surface area contributed by atoms with Crippen molar-refractivity contribution in [2.24, 2.45) is 5.84 Å². The molecular weight excluding hydrogens is 597 g/mol. The molecular formula is C33H36FN5O5S. The highest BCUT2D eigenvalue weighted by Gasteiger charge is 2.40. The molecule has 0 aliphatic carbocycles. The molecule has 0 saturated carbocycles. The molecule has 45 heavy (non-hydrogen) atoms. The molecule has 0 radical (unpaired) electrons. The number of hydrogen-bond donors (Lipinski definition) is 2. The van der Waals surface area contributed by atoms with Crippen LogP contribution in [-0.4, -0.2) is 49.2 Å². The van der Waals surface area contributed by atoms with Crippen molar-refractivity contribution in [3.8, 4) is 0 Å². The number of hydrazine groups is 1. The second kappa shape index (κ2) is 12.8. The van der Waals surface area contributed by atoms with E-state index in [9.17, 15) is 18.0 Å². The average molecular weight is 634 g/mol. The Bertz CT molecular complexity index is 1870. The summed E-state index contributed by atoms with van der Waals surface area (Å²) in [5.41, 5.74) is 1.99. The maximum absolute atomic E-state index is 15.5. The van der Waals surface area contributed by atoms with Gasteiger partial charge in [0.25, 0.3) is 5.91 Å². The van der Waals surface area contributed by atoms with Crippen molar-refractivity contribution in [2.45, 2.75) is 55.8 Å². The van der Waals surface area contributed by atoms with E-state index in [1.165, 1.54) is 30.3 Å². The number of methoxy groups -OCH3 is 1. The maximum Gasteiger partial charge on any atom is 0.411 e. The van der Waals surface area contributed by atoms with Gasteiger partial charge in [-0.05, 0) is 87.0 Å². The molecule has 1 aliphatic heterocycles. The fraction of sp³-hybridized carbons (Fsp3) is 0.303. The highest BCUT2D eigenvalue weighted by atomic mass is 32.2. The first kappa shape index (κ1) is 31.9. The lowest BCUT2D eigenvalue weighted by Gasteiger charge is -2.35. The van der Waals surface area contributed by atoms with Gasteiger partial charge in [0.15, 0.2) is 15.9 Å². The van der Waals surface area contributed by atoms with Gasteiger partial charge in [-0.1, -0.05) is 23.8 Å². The molecule has 1 saturated heterocycles. The van der Waals surface area contributed by atoms with Crippen molar-refractivity contribution in [2.75, 3.05) is 24.0 Å². The summed E-state index contributed by atoms with van der Waals surface area (Å²) in [4.78, 5) is 32.4. The number of aryl methyl sites for hydroxylation is 1. The van der Waals surface area contributed by atoms with Crippen LogP contribution in [0, 0.1) is 12.7 Å². The number of fused-ring (bicyclic) bond motifs is 1. The minimum atomic E-state index is -3.79. The standard InChI is InChI=1S/C33H36FN5O5S/c1-20(2)45(42,43)30-12-9-24(37-33(41)44-4)18-27(30)29-6-5-15-38(29)32(40)31(26-16-21(3)7-11-28(26)34)39(35)25-10-8-23-19-36-14-13-22(23)17-25/h7-14,16-20,29,31H,5-6,15,35H2,1-4H3,(H,37,41)/t29-,31-/m1/s1. The predicted octanol–water partition coefficient (Wildman–Crippen LogP) is 5.83. The average Bonchev–Trinajstić information content (AvgIpc) is 3.52. The number of nitrogens with one attached hydrogen (secondary N) is 1. The number of pyridine rings is 1. The summed E-state index contributed by atoms with van der Waals surface area (Å²) in [5.74, 6) is 5.63. The maximum atomic E-state index is 15.5. The number of sulfone groups is 1. The number of halogens is 1. The first-order valence-electron chi connectivity index (χ1n) is 14.6. The zero-order valence-corrected chi connectivity index (χ0v) is 26.3. The molecule has 3 N–H and O–H groups in total. The van der Waals surface area contributed by atoms with E-state index in [0.29, 0.717) is 36.3 Å². The van der Waals surface area contributed by atoms with Gasteiger partial charge in [0.2, 0.25) is 0 Å². The Morgan fingerprint density at radius 3 is 2.60 bits per heavy atom. The number of amides is 2. The molecule has 1 aliphatic rings. The summed E-state index contributed by atoms with van der Waals surface area (Å²) in [6.45, 7) is 5.26. The number of carbonyl (C=O) groups is 2. The van der Waals surface area contributed by atoms with Crippen LogP contribution in [0.4, 0.5) is 20.6 Å². The largest absolute Gasteiger partial charge is 0.453 e. The molecule has 12 heteroatoms. The molecule has 236 valence electrons. The van der Waals surface area contributed by atoms with Crippen molar-refractivity contribution in [1.29, 1.82) is 0 Å². The summed E-state index contributed by atoms with van der Waals surface area (Å²) < 4.78 is 47.3. The van der Waals surface area contributed by atoms with E-state index in [0.717, 1.165) is 16.3 Å². The number of aromatic nitrogens is 1. The van der Waals surface area contributed by atoms with Gasteiger partial charge in [-0.3, -0.25) is 20.1 Å². The number of anilines is 2. The Hall–Kier alpha value is -4.55. The number of likely N-dealkylation sites (tertiary alicyclic amines) is 1. The monoisotopic (exact) mass is 633 g/mol. The Labute approximate surface area is 261 Å². The normalized spacial score (nSPS) is 15.7. The number of nitrogens with zero attached hydrogens (tertiary/aromatic N) is 3. The van der Waals surface area contributed by atoms with Crippen LogP contribution in [0.1, 0.15) is 55.5 Å². The lowest BCUT2D eigenvalue weighted by molar-refractivity contribution is -0.134. The highest BCUT2D eigenvalue weighted by Crippen LogP contribution is 2.41. The number of benzene rings is 3. The lowest BCUT2D eigenvalue weighted by atomic mass is 9.99. The molecule has 4 aromatic rings. The topological polar surface area (TPSA) is 135 Å². The van der Waals surface area contributed by atoms with Gasteiger partial charge in [-0.25, -0.2) is 23.4 Å². The van der Waals surface area contributed by atoms with Crippen LogP contribution in [0.15, 0.2) is 78.0 Å². The van der Waals surface area contributed by atoms with E-state index in [-0.39, 0.29) is 10.5 Å². The van der Waals surface area contributed by atoms with Crippen LogP contribution < -0.4 is 16.2 Å². The molecule has 1 aromatic heterocycles. The van der Waals surface area contributed by atoms with E-state index < -0.39 is 45.0 Å². The van der Waals surface area contributed by atoms with Gasteiger partial charge in [-0.15, -0.1) is 0 Å². The summed E-state index contributed by atoms with van der Waals surface area (Å²) in [5, 5.41) is 4.82. The molecule has 10 nitrogen and oxygen atoms in total. The van der Waals surface area contributed by atoms with Crippen LogP contribution >= 0.6 is 0 Å². The number of rotatable bonds is 8. The third-order valence-electron chi connectivity index (χ3n) is 8.14. The van der Waals surface area contributed by atoms with Crippen LogP contribution in [0.5, 0.6) is 0 Å². The number of ether oxygens (including phenoxy) is 1. The predicted molar refractivity (Wildman–Crippen MR) is 171 cm³/mol. The zero-order chi connectivity index (χ0) is 32.5. The van der Waals surface area contributed by atoms with Crippen LogP contribution in [0.25, 0.3) is 10.8 Å². The van der Waals surface area contributed by atoms with Gasteiger partial charge in [0, 0.05) is 35.6 Å². The highest BCUT2D eigenvalue weighted by molar-refractivity contribution is 7.92. The fourth-order valence-electron chi connectivity index (χ4n) is 5.73. The van der Waals surface area contributed by atoms with Crippen LogP contribution in [0.2, 0.25) is 0 Å². The summed E-state index contributed by atoms with van der Waals surface area (Å²) in [6.07, 6.45) is 3.66. The van der Waals surface area contributed by atoms with Gasteiger partial charge in [0.05, 0.1) is 29.0 Å². The Morgan fingerprint density at radius 1 is 1.09 bits per heavy atom. The molecule has 1 fully saturated rings. The number of carbonyl (C=O) groups excluding carboxylic acids is 2. The van der Waals surface area contributed by atoms with Crippen molar-refractivity contribution in [3.05, 3.63) is 95.6 Å². The second-order valence-electron chi connectivity index (χ2n) is 11.4. The van der Waals surface area contributed by atoms with Crippen LogP contribution in [-0.2, 0) is 19.4 Å². The molecule has 2 heterocycles. The zero-order valence-electron chi connectivity index (χ0n) is 25.5. The van der Waals surface area contributed by atoms with Crippen molar-refractivity contribution in [3.63, 3.8) is 0 Å². The Balaban J connectivity index is 1.62.